The summed E-state index contributed by atoms with van der Waals surface area (Å²) in [6.45, 7) is 2.38. The molecule has 7 aromatic rings. The lowest BCUT2D eigenvalue weighted by Gasteiger charge is -2.34. The van der Waals surface area contributed by atoms with E-state index in [-0.39, 0.29) is 0 Å². The molecule has 0 aliphatic heterocycles. The molecular formula is C41H32N2. The van der Waals surface area contributed by atoms with Crippen molar-refractivity contribution >= 4 is 55.7 Å². The molecule has 0 N–H and O–H groups in total. The fourth-order valence-corrected chi connectivity index (χ4v) is 6.92. The molecule has 0 amide bonds. The van der Waals surface area contributed by atoms with Gasteiger partial charge in [0.25, 0.3) is 0 Å². The second-order valence-corrected chi connectivity index (χ2v) is 11.4. The minimum Gasteiger partial charge on any atom is -0.314 e. The van der Waals surface area contributed by atoms with Gasteiger partial charge >= 0.3 is 0 Å². The smallest absolute Gasteiger partial charge is 0.0540 e. The number of benzene rings is 7. The van der Waals surface area contributed by atoms with Crippen LogP contribution < -0.4 is 15.0 Å². The number of hydrogen-bond donors (Lipinski definition) is 0. The summed E-state index contributed by atoms with van der Waals surface area (Å²) < 4.78 is 0. The lowest BCUT2D eigenvalue weighted by Crippen LogP contribution is -2.28. The van der Waals surface area contributed by atoms with Crippen LogP contribution in [0.4, 0.5) is 28.4 Å². The van der Waals surface area contributed by atoms with E-state index in [4.69, 9.17) is 0 Å². The van der Waals surface area contributed by atoms with Gasteiger partial charge in [-0.15, -0.1) is 0 Å². The van der Waals surface area contributed by atoms with Crippen molar-refractivity contribution in [2.45, 2.75) is 19.3 Å². The van der Waals surface area contributed by atoms with E-state index in [0.717, 1.165) is 17.8 Å². The van der Waals surface area contributed by atoms with E-state index >= 15 is 0 Å². The molecule has 206 valence electrons. The molecule has 0 fully saturated rings. The first-order valence-corrected chi connectivity index (χ1v) is 15.1. The molecule has 43 heavy (non-hydrogen) atoms. The Morgan fingerprint density at radius 2 is 0.953 bits per heavy atom. The van der Waals surface area contributed by atoms with Gasteiger partial charge in [0.05, 0.1) is 5.69 Å². The third kappa shape index (κ3) is 4.26. The van der Waals surface area contributed by atoms with Gasteiger partial charge in [0.1, 0.15) is 0 Å². The number of hydrogen-bond acceptors (Lipinski definition) is 2. The van der Waals surface area contributed by atoms with Crippen LogP contribution in [0.5, 0.6) is 0 Å². The van der Waals surface area contributed by atoms with E-state index in [1.165, 1.54) is 55.1 Å². The van der Waals surface area contributed by atoms with Crippen molar-refractivity contribution in [2.24, 2.45) is 0 Å². The third-order valence-corrected chi connectivity index (χ3v) is 8.83. The maximum atomic E-state index is 2.47. The Bertz CT molecular complexity index is 2020. The zero-order valence-corrected chi connectivity index (χ0v) is 24.2. The van der Waals surface area contributed by atoms with Crippen LogP contribution in [0.2, 0.25) is 0 Å². The molecule has 1 aliphatic carbocycles. The van der Waals surface area contributed by atoms with Gasteiger partial charge in [-0.05, 0) is 88.7 Å². The van der Waals surface area contributed by atoms with E-state index in [1.807, 2.05) is 0 Å². The van der Waals surface area contributed by atoms with E-state index < -0.39 is 0 Å². The molecule has 0 saturated heterocycles. The Morgan fingerprint density at radius 1 is 0.465 bits per heavy atom. The Morgan fingerprint density at radius 3 is 1.49 bits per heavy atom. The molecule has 1 atom stereocenters. The van der Waals surface area contributed by atoms with Crippen LogP contribution in [-0.4, -0.2) is 0 Å². The monoisotopic (exact) mass is 552 g/mol. The SMILES string of the molecule is CC1CC(N(c2ccccc2)c2ccccc2)=c2ccc3ccc(N(c4ccccc4)c4ccccc4)c4ccc1c2c34. The van der Waals surface area contributed by atoms with Gasteiger partial charge in [-0.25, -0.2) is 0 Å². The summed E-state index contributed by atoms with van der Waals surface area (Å²) in [6.07, 6.45) is 0.969. The van der Waals surface area contributed by atoms with E-state index in [1.54, 1.807) is 0 Å². The number of nitrogens with zero attached hydrogens (tertiary/aromatic N) is 2. The fourth-order valence-electron chi connectivity index (χ4n) is 6.92. The summed E-state index contributed by atoms with van der Waals surface area (Å²) in [5.74, 6) is 0.385. The van der Waals surface area contributed by atoms with Crippen molar-refractivity contribution in [1.29, 1.82) is 0 Å². The van der Waals surface area contributed by atoms with Crippen LogP contribution >= 0.6 is 0 Å². The van der Waals surface area contributed by atoms with Crippen molar-refractivity contribution in [2.75, 3.05) is 9.80 Å². The second kappa shape index (κ2) is 10.5. The van der Waals surface area contributed by atoms with Crippen molar-refractivity contribution in [3.8, 4) is 0 Å². The highest BCUT2D eigenvalue weighted by Gasteiger charge is 2.27. The first-order chi connectivity index (χ1) is 21.3. The highest BCUT2D eigenvalue weighted by molar-refractivity contribution is 6.17. The molecule has 1 aliphatic rings. The molecule has 2 nitrogen and oxygen atoms in total. The molecule has 7 aromatic carbocycles. The molecular weight excluding hydrogens is 520 g/mol. The zero-order chi connectivity index (χ0) is 28.8. The average Bonchev–Trinajstić information content (AvgIpc) is 3.07. The van der Waals surface area contributed by atoms with Crippen LogP contribution in [-0.2, 0) is 0 Å². The lowest BCUT2D eigenvalue weighted by atomic mass is 9.82. The zero-order valence-electron chi connectivity index (χ0n) is 24.2. The molecule has 0 spiro atoms. The van der Waals surface area contributed by atoms with Gasteiger partial charge in [-0.2, -0.15) is 0 Å². The van der Waals surface area contributed by atoms with Crippen molar-refractivity contribution in [3.05, 3.63) is 169 Å². The average molecular weight is 553 g/mol. The molecule has 0 aromatic heterocycles. The molecule has 0 bridgehead atoms. The van der Waals surface area contributed by atoms with Gasteiger partial charge in [0, 0.05) is 39.1 Å². The highest BCUT2D eigenvalue weighted by Crippen LogP contribution is 2.45. The van der Waals surface area contributed by atoms with Gasteiger partial charge in [0.15, 0.2) is 0 Å². The molecule has 0 saturated carbocycles. The molecule has 2 heteroatoms. The summed E-state index contributed by atoms with van der Waals surface area (Å²) in [7, 11) is 0. The first kappa shape index (κ1) is 25.4. The van der Waals surface area contributed by atoms with Gasteiger partial charge in [-0.3, -0.25) is 0 Å². The predicted octanol–water partition coefficient (Wildman–Crippen LogP) is 10.6. The second-order valence-electron chi connectivity index (χ2n) is 11.4. The topological polar surface area (TPSA) is 6.48 Å². The highest BCUT2D eigenvalue weighted by atomic mass is 15.2. The van der Waals surface area contributed by atoms with Gasteiger partial charge < -0.3 is 9.80 Å². The fraction of sp³-hybridized carbons (Fsp3) is 0.0732. The number of anilines is 5. The normalized spacial score (nSPS) is 14.3. The maximum Gasteiger partial charge on any atom is 0.0540 e. The Kier molecular flexibility index (Phi) is 6.19. The first-order valence-electron chi connectivity index (χ1n) is 15.1. The Balaban J connectivity index is 1.45. The van der Waals surface area contributed by atoms with Crippen LogP contribution in [0.15, 0.2) is 158 Å². The quantitative estimate of drug-likeness (QED) is 0.202. The summed E-state index contributed by atoms with van der Waals surface area (Å²) in [5, 5.41) is 6.59. The van der Waals surface area contributed by atoms with E-state index in [9.17, 15) is 0 Å². The predicted molar refractivity (Wildman–Crippen MR) is 183 cm³/mol. The van der Waals surface area contributed by atoms with E-state index in [0.29, 0.717) is 5.92 Å². The Hall–Kier alpha value is -5.34. The minimum atomic E-state index is 0.385. The summed E-state index contributed by atoms with van der Waals surface area (Å²) in [4.78, 5) is 4.85. The van der Waals surface area contributed by atoms with Crippen LogP contribution in [0.1, 0.15) is 24.8 Å². The number of rotatable bonds is 6. The largest absolute Gasteiger partial charge is 0.314 e. The lowest BCUT2D eigenvalue weighted by molar-refractivity contribution is 0.777. The standard InChI is InChI=1S/C41H32N2/c1-29-28-39(43(33-18-10-4-11-19-33)34-20-12-5-13-21-34)37-24-22-30-23-27-38(36-26-25-35(29)41(37)40(30)36)42(31-14-6-2-7-15-31)32-16-8-3-9-17-32/h2-27,29H,28H2,1H3. The summed E-state index contributed by atoms with van der Waals surface area (Å²) in [5.41, 5.74) is 8.64. The van der Waals surface area contributed by atoms with Crippen LogP contribution in [0, 0.1) is 0 Å². The van der Waals surface area contributed by atoms with Crippen molar-refractivity contribution in [1.82, 2.24) is 0 Å². The van der Waals surface area contributed by atoms with Gasteiger partial charge in [-0.1, -0.05) is 110 Å². The van der Waals surface area contributed by atoms with Crippen molar-refractivity contribution < 1.29 is 0 Å². The Labute approximate surface area is 252 Å². The summed E-state index contributed by atoms with van der Waals surface area (Å²) in [6, 6.07) is 57.0. The number of para-hydroxylation sites is 4. The molecule has 0 radical (unpaired) electrons. The molecule has 8 rings (SSSR count). The van der Waals surface area contributed by atoms with E-state index in [2.05, 4.69) is 174 Å². The third-order valence-electron chi connectivity index (χ3n) is 8.83. The molecule has 1 unspecified atom stereocenters. The van der Waals surface area contributed by atoms with Crippen LogP contribution in [0.3, 0.4) is 0 Å². The summed E-state index contributed by atoms with van der Waals surface area (Å²) >= 11 is 0. The van der Waals surface area contributed by atoms with Gasteiger partial charge in [0.2, 0.25) is 0 Å². The minimum absolute atomic E-state index is 0.385. The van der Waals surface area contributed by atoms with Crippen molar-refractivity contribution in [3.63, 3.8) is 0 Å². The van der Waals surface area contributed by atoms with Crippen LogP contribution in [0.25, 0.3) is 27.2 Å². The molecule has 0 heterocycles. The maximum absolute atomic E-state index is 2.47.